The third-order valence-corrected chi connectivity index (χ3v) is 5.85. The molecule has 0 saturated carbocycles. The lowest BCUT2D eigenvalue weighted by Gasteiger charge is -2.16. The smallest absolute Gasteiger partial charge is 0.336 e. The van der Waals surface area contributed by atoms with E-state index < -0.39 is 23.5 Å². The van der Waals surface area contributed by atoms with E-state index >= 15 is 0 Å². The number of fused-ring (bicyclic) bond motifs is 1. The molecule has 0 aliphatic carbocycles. The van der Waals surface area contributed by atoms with Gasteiger partial charge in [0, 0.05) is 36.8 Å². The first-order chi connectivity index (χ1) is 17.2. The fourth-order valence-electron chi connectivity index (χ4n) is 3.90. The highest BCUT2D eigenvalue weighted by Gasteiger charge is 2.22. The van der Waals surface area contributed by atoms with E-state index in [1.54, 1.807) is 19.1 Å². The van der Waals surface area contributed by atoms with Gasteiger partial charge in [-0.3, -0.25) is 19.2 Å². The number of Topliss-reactive ketones (excluding diaryl/α,β-unsaturated/α-hetero) is 1. The number of carbonyl (C=O) groups excluding carboxylic acids is 4. The summed E-state index contributed by atoms with van der Waals surface area (Å²) in [5.74, 6) is -1.45. The van der Waals surface area contributed by atoms with Crippen LogP contribution >= 0.6 is 0 Å². The number of amides is 2. The van der Waals surface area contributed by atoms with E-state index in [0.717, 1.165) is 43.1 Å². The molecule has 9 nitrogen and oxygen atoms in total. The molecule has 0 bridgehead atoms. The highest BCUT2D eigenvalue weighted by molar-refractivity contribution is 5.92. The molecule has 0 aliphatic rings. The van der Waals surface area contributed by atoms with Crippen LogP contribution in [0.15, 0.2) is 33.5 Å². The molecule has 2 rings (SSSR count). The summed E-state index contributed by atoms with van der Waals surface area (Å²) in [5, 5.41) is 3.38. The van der Waals surface area contributed by atoms with E-state index in [2.05, 4.69) is 12.2 Å². The number of hydrogen-bond acceptors (Lipinski definition) is 7. The van der Waals surface area contributed by atoms with E-state index in [0.29, 0.717) is 24.8 Å². The zero-order chi connectivity index (χ0) is 26.5. The minimum atomic E-state index is -0.951. The summed E-state index contributed by atoms with van der Waals surface area (Å²) in [6, 6.07) is 5.27. The van der Waals surface area contributed by atoms with Crippen LogP contribution in [0.3, 0.4) is 0 Å². The summed E-state index contributed by atoms with van der Waals surface area (Å²) in [7, 11) is 0. The number of nitrogens with one attached hydrogen (secondary N) is 1. The predicted octanol–water partition coefficient (Wildman–Crippen LogP) is 3.86. The Hall–Kier alpha value is -3.49. The first kappa shape index (κ1) is 28.7. The molecule has 0 radical (unpaired) electrons. The topological polar surface area (TPSA) is 146 Å². The van der Waals surface area contributed by atoms with Gasteiger partial charge in [0.2, 0.25) is 11.8 Å². The molecule has 1 atom stereocenters. The van der Waals surface area contributed by atoms with Crippen LogP contribution < -0.4 is 21.4 Å². The molecule has 3 N–H and O–H groups in total. The largest absolute Gasteiger partial charge is 0.426 e. The fourth-order valence-corrected chi connectivity index (χ4v) is 3.90. The van der Waals surface area contributed by atoms with Gasteiger partial charge in [-0.15, -0.1) is 0 Å². The van der Waals surface area contributed by atoms with Crippen molar-refractivity contribution in [1.29, 1.82) is 0 Å². The highest BCUT2D eigenvalue weighted by Crippen LogP contribution is 2.22. The Kier molecular flexibility index (Phi) is 11.8. The monoisotopic (exact) mass is 500 g/mol. The average Bonchev–Trinajstić information content (AvgIpc) is 2.80. The van der Waals surface area contributed by atoms with Crippen molar-refractivity contribution < 1.29 is 28.3 Å². The Labute approximate surface area is 210 Å². The van der Waals surface area contributed by atoms with Crippen molar-refractivity contribution in [2.75, 3.05) is 0 Å². The molecule has 0 saturated heterocycles. The Balaban J connectivity index is 1.77. The van der Waals surface area contributed by atoms with Crippen LogP contribution in [-0.2, 0) is 19.2 Å². The SMILES string of the molecule is CCCCCCCC(=O)N[C@H](CC(N)=O)C(=O)CCCCC(=O)Oc1ccc2c(C)cc(=O)oc2c1. The van der Waals surface area contributed by atoms with Gasteiger partial charge >= 0.3 is 11.6 Å². The molecule has 1 aromatic heterocycles. The second-order valence-corrected chi connectivity index (χ2v) is 9.01. The Morgan fingerprint density at radius 2 is 1.67 bits per heavy atom. The fraction of sp³-hybridized carbons (Fsp3) is 0.519. The maximum absolute atomic E-state index is 12.6. The standard InChI is InChI=1S/C27H36N2O7/c1-3-4-5-6-7-11-25(32)29-21(17-24(28)31)22(30)10-8-9-12-26(33)35-19-13-14-20-18(2)15-27(34)36-23(20)16-19/h13-16,21H,3-12,17H2,1-2H3,(H2,28,31)(H,29,32)/t21-/m1/s1. The summed E-state index contributed by atoms with van der Waals surface area (Å²) in [5.41, 5.74) is 5.87. The number of ether oxygens (including phenoxy) is 1. The third-order valence-electron chi connectivity index (χ3n) is 5.85. The van der Waals surface area contributed by atoms with E-state index in [1.807, 2.05) is 0 Å². The number of benzene rings is 1. The van der Waals surface area contributed by atoms with Gasteiger partial charge in [0.05, 0.1) is 12.5 Å². The zero-order valence-electron chi connectivity index (χ0n) is 21.1. The first-order valence-electron chi connectivity index (χ1n) is 12.5. The van der Waals surface area contributed by atoms with Crippen molar-refractivity contribution in [3.8, 4) is 5.75 Å². The molecule has 2 aromatic rings. The number of aryl methyl sites for hydroxylation is 1. The van der Waals surface area contributed by atoms with Gasteiger partial charge in [0.15, 0.2) is 5.78 Å². The van der Waals surface area contributed by atoms with Crippen LogP contribution in [0.25, 0.3) is 11.0 Å². The molecule has 196 valence electrons. The van der Waals surface area contributed by atoms with Crippen LogP contribution in [0.4, 0.5) is 0 Å². The van der Waals surface area contributed by atoms with Gasteiger partial charge in [0.1, 0.15) is 11.3 Å². The second-order valence-electron chi connectivity index (χ2n) is 9.01. The van der Waals surface area contributed by atoms with Gasteiger partial charge in [-0.05, 0) is 43.9 Å². The first-order valence-corrected chi connectivity index (χ1v) is 12.5. The number of primary amides is 1. The molecular formula is C27H36N2O7. The zero-order valence-corrected chi connectivity index (χ0v) is 21.1. The van der Waals surface area contributed by atoms with Crippen molar-refractivity contribution >= 4 is 34.5 Å². The van der Waals surface area contributed by atoms with E-state index in [9.17, 15) is 24.0 Å². The lowest BCUT2D eigenvalue weighted by atomic mass is 10.0. The summed E-state index contributed by atoms with van der Waals surface area (Å²) in [6.07, 6.45) is 5.98. The molecule has 0 spiro atoms. The van der Waals surface area contributed by atoms with E-state index in [1.165, 1.54) is 12.1 Å². The Morgan fingerprint density at radius 3 is 2.39 bits per heavy atom. The van der Waals surface area contributed by atoms with Crippen molar-refractivity contribution in [2.24, 2.45) is 5.73 Å². The quantitative estimate of drug-likeness (QED) is 0.154. The maximum atomic E-state index is 12.6. The van der Waals surface area contributed by atoms with Crippen LogP contribution in [0.2, 0.25) is 0 Å². The maximum Gasteiger partial charge on any atom is 0.336 e. The Morgan fingerprint density at radius 1 is 0.972 bits per heavy atom. The number of nitrogens with two attached hydrogens (primary N) is 1. The van der Waals surface area contributed by atoms with Gasteiger partial charge in [-0.25, -0.2) is 4.79 Å². The molecule has 1 heterocycles. The van der Waals surface area contributed by atoms with Gasteiger partial charge in [-0.1, -0.05) is 32.6 Å². The van der Waals surface area contributed by atoms with Crippen molar-refractivity contribution in [2.45, 2.75) is 90.5 Å². The van der Waals surface area contributed by atoms with Crippen molar-refractivity contribution in [3.05, 3.63) is 40.2 Å². The highest BCUT2D eigenvalue weighted by atomic mass is 16.5. The number of rotatable bonds is 16. The minimum Gasteiger partial charge on any atom is -0.426 e. The molecular weight excluding hydrogens is 464 g/mol. The van der Waals surface area contributed by atoms with Crippen LogP contribution in [-0.4, -0.2) is 29.6 Å². The molecule has 9 heteroatoms. The summed E-state index contributed by atoms with van der Waals surface area (Å²) in [6.45, 7) is 3.91. The van der Waals surface area contributed by atoms with Gasteiger partial charge < -0.3 is 20.2 Å². The number of esters is 1. The molecule has 0 unspecified atom stereocenters. The third kappa shape index (κ3) is 10.0. The normalized spacial score (nSPS) is 11.7. The van der Waals surface area contributed by atoms with Crippen molar-refractivity contribution in [3.63, 3.8) is 0 Å². The average molecular weight is 501 g/mol. The van der Waals surface area contributed by atoms with E-state index in [-0.39, 0.29) is 36.7 Å². The van der Waals surface area contributed by atoms with E-state index in [4.69, 9.17) is 14.9 Å². The van der Waals surface area contributed by atoms with Crippen LogP contribution in [0.1, 0.15) is 83.1 Å². The van der Waals surface area contributed by atoms with Gasteiger partial charge in [0.25, 0.3) is 0 Å². The van der Waals surface area contributed by atoms with Crippen LogP contribution in [0.5, 0.6) is 5.75 Å². The van der Waals surface area contributed by atoms with Crippen molar-refractivity contribution in [1.82, 2.24) is 5.32 Å². The van der Waals surface area contributed by atoms with Gasteiger partial charge in [-0.2, -0.15) is 0 Å². The summed E-state index contributed by atoms with van der Waals surface area (Å²) < 4.78 is 10.5. The number of ketones is 1. The number of carbonyl (C=O) groups is 4. The lowest BCUT2D eigenvalue weighted by molar-refractivity contribution is -0.134. The lowest BCUT2D eigenvalue weighted by Crippen LogP contribution is -2.43. The predicted molar refractivity (Wildman–Crippen MR) is 135 cm³/mol. The Bertz CT molecular complexity index is 1120. The molecule has 0 aliphatic heterocycles. The van der Waals surface area contributed by atoms with Crippen LogP contribution in [0, 0.1) is 6.92 Å². The molecule has 1 aromatic carbocycles. The summed E-state index contributed by atoms with van der Waals surface area (Å²) >= 11 is 0. The summed E-state index contributed by atoms with van der Waals surface area (Å²) in [4.78, 5) is 59.9. The minimum absolute atomic E-state index is 0.0771. The molecule has 0 fully saturated rings. The molecule has 2 amide bonds. The second kappa shape index (κ2) is 14.8. The molecule has 36 heavy (non-hydrogen) atoms. The number of unbranched alkanes of at least 4 members (excludes halogenated alkanes) is 5. The number of hydrogen-bond donors (Lipinski definition) is 2.